The van der Waals surface area contributed by atoms with Gasteiger partial charge in [0.05, 0.1) is 31.4 Å². The standard InChI is InChI=1S/C24H25N3O5S2/c1-31-18-8-7-16(13-19(18)32-2)14-21-23(29)27(24(30)34-21)10-9-25-22(28)15-26-11-12-33-20-6-4-3-5-17(20)26/h3-8,13-14H,9-12,15H2,1-2H3,(H,25,28)/b21-14-. The zero-order chi connectivity index (χ0) is 24.1. The van der Waals surface area contributed by atoms with Gasteiger partial charge in [0.1, 0.15) is 0 Å². The number of nitrogens with one attached hydrogen (secondary N) is 1. The Hall–Kier alpha value is -3.11. The molecule has 2 aliphatic rings. The number of carbonyl (C=O) groups excluding carboxylic acids is 3. The topological polar surface area (TPSA) is 88.2 Å². The van der Waals surface area contributed by atoms with Gasteiger partial charge in [-0.3, -0.25) is 19.3 Å². The molecule has 34 heavy (non-hydrogen) atoms. The van der Waals surface area contributed by atoms with Gasteiger partial charge in [0.25, 0.3) is 11.1 Å². The summed E-state index contributed by atoms with van der Waals surface area (Å²) in [5.41, 5.74) is 1.77. The lowest BCUT2D eigenvalue weighted by atomic mass is 10.2. The maximum Gasteiger partial charge on any atom is 0.293 e. The highest BCUT2D eigenvalue weighted by molar-refractivity contribution is 8.18. The van der Waals surface area contributed by atoms with Gasteiger partial charge in [0, 0.05) is 30.3 Å². The minimum Gasteiger partial charge on any atom is -0.493 e. The number of amides is 3. The molecule has 2 aliphatic heterocycles. The Labute approximate surface area is 206 Å². The molecule has 0 spiro atoms. The normalized spacial score (nSPS) is 16.6. The van der Waals surface area contributed by atoms with Gasteiger partial charge in [-0.05, 0) is 47.7 Å². The predicted molar refractivity (Wildman–Crippen MR) is 135 cm³/mol. The summed E-state index contributed by atoms with van der Waals surface area (Å²) in [5, 5.41) is 2.47. The van der Waals surface area contributed by atoms with Gasteiger partial charge in [-0.1, -0.05) is 18.2 Å². The van der Waals surface area contributed by atoms with Crippen LogP contribution in [0.3, 0.4) is 0 Å². The minimum absolute atomic E-state index is 0.117. The molecule has 2 heterocycles. The predicted octanol–water partition coefficient (Wildman–Crippen LogP) is 3.47. The van der Waals surface area contributed by atoms with Crippen molar-refractivity contribution in [1.29, 1.82) is 0 Å². The van der Waals surface area contributed by atoms with Crippen LogP contribution < -0.4 is 19.7 Å². The number of benzene rings is 2. The van der Waals surface area contributed by atoms with Crippen LogP contribution in [-0.2, 0) is 9.59 Å². The Balaban J connectivity index is 1.32. The minimum atomic E-state index is -0.374. The van der Waals surface area contributed by atoms with Crippen LogP contribution in [0.2, 0.25) is 0 Å². The van der Waals surface area contributed by atoms with Crippen LogP contribution in [-0.4, -0.2) is 68.1 Å². The Morgan fingerprint density at radius 1 is 1.12 bits per heavy atom. The number of para-hydroxylation sites is 1. The van der Waals surface area contributed by atoms with E-state index in [4.69, 9.17) is 9.47 Å². The van der Waals surface area contributed by atoms with Gasteiger partial charge in [0.2, 0.25) is 5.91 Å². The first-order chi connectivity index (χ1) is 16.5. The van der Waals surface area contributed by atoms with Gasteiger partial charge >= 0.3 is 0 Å². The van der Waals surface area contributed by atoms with Crippen molar-refractivity contribution in [3.63, 3.8) is 0 Å². The van der Waals surface area contributed by atoms with Crippen molar-refractivity contribution in [1.82, 2.24) is 10.2 Å². The fourth-order valence-electron chi connectivity index (χ4n) is 3.71. The first-order valence-corrected chi connectivity index (χ1v) is 12.5. The zero-order valence-corrected chi connectivity index (χ0v) is 20.5. The fourth-order valence-corrected chi connectivity index (χ4v) is 5.63. The molecule has 2 aromatic carbocycles. The zero-order valence-electron chi connectivity index (χ0n) is 18.9. The Morgan fingerprint density at radius 3 is 2.71 bits per heavy atom. The largest absolute Gasteiger partial charge is 0.493 e. The molecule has 0 aliphatic carbocycles. The van der Waals surface area contributed by atoms with Gasteiger partial charge in [-0.2, -0.15) is 0 Å². The molecule has 0 unspecified atom stereocenters. The third kappa shape index (κ3) is 5.34. The van der Waals surface area contributed by atoms with Gasteiger partial charge in [-0.15, -0.1) is 11.8 Å². The van der Waals surface area contributed by atoms with Crippen molar-refractivity contribution in [2.24, 2.45) is 0 Å². The lowest BCUT2D eigenvalue weighted by molar-refractivity contribution is -0.124. The van der Waals surface area contributed by atoms with Crippen LogP contribution in [0.25, 0.3) is 6.08 Å². The lowest BCUT2D eigenvalue weighted by Crippen LogP contribution is -2.43. The molecule has 0 radical (unpaired) electrons. The van der Waals surface area contributed by atoms with Crippen molar-refractivity contribution in [2.75, 3.05) is 51.1 Å². The highest BCUT2D eigenvalue weighted by Gasteiger charge is 2.34. The maximum atomic E-state index is 12.8. The number of rotatable bonds is 8. The fraction of sp³-hybridized carbons (Fsp3) is 0.292. The van der Waals surface area contributed by atoms with E-state index in [2.05, 4.69) is 11.4 Å². The van der Waals surface area contributed by atoms with Crippen molar-refractivity contribution >= 4 is 52.3 Å². The van der Waals surface area contributed by atoms with Crippen molar-refractivity contribution in [3.05, 3.63) is 52.9 Å². The van der Waals surface area contributed by atoms with Gasteiger partial charge in [0.15, 0.2) is 11.5 Å². The van der Waals surface area contributed by atoms with Gasteiger partial charge in [-0.25, -0.2) is 0 Å². The molecule has 0 atom stereocenters. The average Bonchev–Trinajstić information content (AvgIpc) is 3.11. The Kier molecular flexibility index (Phi) is 7.69. The molecule has 8 nitrogen and oxygen atoms in total. The second-order valence-electron chi connectivity index (χ2n) is 7.54. The third-order valence-electron chi connectivity index (χ3n) is 5.40. The number of methoxy groups -OCH3 is 2. The molecule has 0 aromatic heterocycles. The molecule has 3 amide bonds. The quantitative estimate of drug-likeness (QED) is 0.553. The van der Waals surface area contributed by atoms with Crippen LogP contribution in [0, 0.1) is 0 Å². The molecule has 0 saturated carbocycles. The SMILES string of the molecule is COc1ccc(/C=C2\SC(=O)N(CCNC(=O)CN3CCSc4ccccc43)C2=O)cc1OC. The summed E-state index contributed by atoms with van der Waals surface area (Å²) in [6.07, 6.45) is 1.65. The Morgan fingerprint density at radius 2 is 1.91 bits per heavy atom. The molecule has 10 heteroatoms. The summed E-state index contributed by atoms with van der Waals surface area (Å²) >= 11 is 2.67. The number of imide groups is 1. The van der Waals surface area contributed by atoms with Crippen LogP contribution in [0.5, 0.6) is 11.5 Å². The molecule has 0 bridgehead atoms. The number of anilines is 1. The highest BCUT2D eigenvalue weighted by atomic mass is 32.2. The van der Waals surface area contributed by atoms with E-state index in [0.29, 0.717) is 16.4 Å². The number of carbonyl (C=O) groups is 3. The van der Waals surface area contributed by atoms with Gasteiger partial charge < -0.3 is 19.7 Å². The summed E-state index contributed by atoms with van der Waals surface area (Å²) < 4.78 is 10.5. The summed E-state index contributed by atoms with van der Waals surface area (Å²) in [6.45, 7) is 1.34. The molecule has 1 N–H and O–H groups in total. The van der Waals surface area contributed by atoms with Crippen LogP contribution in [0.4, 0.5) is 10.5 Å². The number of hydrogen-bond donors (Lipinski definition) is 1. The second-order valence-corrected chi connectivity index (χ2v) is 9.67. The van der Waals surface area contributed by atoms with E-state index in [9.17, 15) is 14.4 Å². The van der Waals surface area contributed by atoms with Crippen LogP contribution >= 0.6 is 23.5 Å². The second kappa shape index (κ2) is 10.9. The number of hydrogen-bond acceptors (Lipinski definition) is 8. The summed E-state index contributed by atoms with van der Waals surface area (Å²) in [4.78, 5) is 42.4. The molecular formula is C24H25N3O5S2. The molecule has 2 aromatic rings. The number of fused-ring (bicyclic) bond motifs is 1. The first-order valence-electron chi connectivity index (χ1n) is 10.7. The molecular weight excluding hydrogens is 474 g/mol. The van der Waals surface area contributed by atoms with E-state index in [1.165, 1.54) is 12.0 Å². The van der Waals surface area contributed by atoms with Crippen molar-refractivity contribution in [3.8, 4) is 11.5 Å². The molecule has 178 valence electrons. The highest BCUT2D eigenvalue weighted by Crippen LogP contribution is 2.35. The van der Waals surface area contributed by atoms with Crippen LogP contribution in [0.15, 0.2) is 52.3 Å². The summed E-state index contributed by atoms with van der Waals surface area (Å²) in [7, 11) is 3.08. The smallest absolute Gasteiger partial charge is 0.293 e. The van der Waals surface area contributed by atoms with Crippen molar-refractivity contribution in [2.45, 2.75) is 4.90 Å². The lowest BCUT2D eigenvalue weighted by Gasteiger charge is -2.30. The molecule has 1 saturated heterocycles. The average molecular weight is 500 g/mol. The van der Waals surface area contributed by atoms with E-state index in [1.807, 2.05) is 23.1 Å². The monoisotopic (exact) mass is 499 g/mol. The van der Waals surface area contributed by atoms with E-state index < -0.39 is 0 Å². The van der Waals surface area contributed by atoms with E-state index >= 15 is 0 Å². The third-order valence-corrected chi connectivity index (χ3v) is 7.35. The van der Waals surface area contributed by atoms with Crippen LogP contribution in [0.1, 0.15) is 5.56 Å². The molecule has 4 rings (SSSR count). The van der Waals surface area contributed by atoms with E-state index in [0.717, 1.165) is 40.2 Å². The number of nitrogens with zero attached hydrogens (tertiary/aromatic N) is 2. The molecule has 1 fully saturated rings. The summed E-state index contributed by atoms with van der Waals surface area (Å²) in [6, 6.07) is 13.3. The first kappa shape index (κ1) is 24.0. The Bertz CT molecular complexity index is 1140. The maximum absolute atomic E-state index is 12.8. The van der Waals surface area contributed by atoms with Crippen molar-refractivity contribution < 1.29 is 23.9 Å². The van der Waals surface area contributed by atoms with E-state index in [1.54, 1.807) is 43.1 Å². The van der Waals surface area contributed by atoms with E-state index in [-0.39, 0.29) is 36.7 Å². The number of thioether (sulfide) groups is 2. The number of ether oxygens (including phenoxy) is 2. The summed E-state index contributed by atoms with van der Waals surface area (Å²) in [5.74, 6) is 1.52.